The summed E-state index contributed by atoms with van der Waals surface area (Å²) in [5.74, 6) is 2.41. The van der Waals surface area contributed by atoms with Crippen LogP contribution in [0.3, 0.4) is 0 Å². The van der Waals surface area contributed by atoms with E-state index in [9.17, 15) is 14.7 Å². The molecule has 0 unspecified atom stereocenters. The highest BCUT2D eigenvalue weighted by atomic mass is 16.5. The molecular weight excluding hydrogens is 520 g/mol. The van der Waals surface area contributed by atoms with Crippen LogP contribution in [0.5, 0.6) is 5.75 Å². The molecule has 3 amide bonds. The lowest BCUT2D eigenvalue weighted by Gasteiger charge is -2.34. The van der Waals surface area contributed by atoms with E-state index in [1.54, 1.807) is 6.20 Å². The summed E-state index contributed by atoms with van der Waals surface area (Å²) in [5, 5.41) is 13.0. The summed E-state index contributed by atoms with van der Waals surface area (Å²) in [4.78, 5) is 37.3. The molecule has 3 aliphatic rings. The van der Waals surface area contributed by atoms with Gasteiger partial charge in [-0.05, 0) is 61.4 Å². The predicted octanol–water partition coefficient (Wildman–Crippen LogP) is 4.11. The van der Waals surface area contributed by atoms with Crippen LogP contribution in [0.1, 0.15) is 62.8 Å². The molecule has 0 bridgehead atoms. The number of anilines is 1. The highest BCUT2D eigenvalue weighted by Gasteiger charge is 2.42. The fourth-order valence-electron chi connectivity index (χ4n) is 6.34. The number of benzene rings is 1. The number of urea groups is 1. The van der Waals surface area contributed by atoms with Crippen LogP contribution in [0.15, 0.2) is 42.6 Å². The van der Waals surface area contributed by atoms with Crippen LogP contribution in [-0.4, -0.2) is 55.7 Å². The Labute approximate surface area is 240 Å². The van der Waals surface area contributed by atoms with Gasteiger partial charge in [-0.3, -0.25) is 19.9 Å². The second-order valence-corrected chi connectivity index (χ2v) is 11.8. The summed E-state index contributed by atoms with van der Waals surface area (Å²) < 4.78 is 8.12. The Morgan fingerprint density at radius 3 is 2.63 bits per heavy atom. The number of nitrogens with zero attached hydrogens (tertiary/aromatic N) is 5. The molecule has 1 saturated heterocycles. The zero-order valence-electron chi connectivity index (χ0n) is 24.0. The maximum absolute atomic E-state index is 12.4. The number of hydrogen-bond donors (Lipinski definition) is 2. The van der Waals surface area contributed by atoms with Crippen molar-refractivity contribution in [3.05, 3.63) is 59.4 Å². The second kappa shape index (κ2) is 10.9. The Morgan fingerprint density at radius 2 is 1.90 bits per heavy atom. The zero-order chi connectivity index (χ0) is 28.7. The van der Waals surface area contributed by atoms with E-state index in [4.69, 9.17) is 9.72 Å². The molecule has 216 valence electrons. The van der Waals surface area contributed by atoms with Gasteiger partial charge in [0.1, 0.15) is 23.4 Å². The number of carbonyl (C=O) groups excluding carboxylic acids is 2. The first-order valence-electron chi connectivity index (χ1n) is 14.5. The minimum Gasteiger partial charge on any atom is -0.490 e. The molecule has 0 radical (unpaired) electrons. The van der Waals surface area contributed by atoms with Gasteiger partial charge in [-0.1, -0.05) is 31.5 Å². The van der Waals surface area contributed by atoms with Crippen LogP contribution >= 0.6 is 0 Å². The van der Waals surface area contributed by atoms with Gasteiger partial charge in [-0.2, -0.15) is 0 Å². The third-order valence-corrected chi connectivity index (χ3v) is 9.00. The number of imide groups is 1. The lowest BCUT2D eigenvalue weighted by atomic mass is 9.88. The van der Waals surface area contributed by atoms with Gasteiger partial charge in [0, 0.05) is 33.1 Å². The zero-order valence-corrected chi connectivity index (χ0v) is 24.0. The third-order valence-electron chi connectivity index (χ3n) is 9.00. The number of aromatic nitrogens is 3. The minimum atomic E-state index is -0.668. The van der Waals surface area contributed by atoms with Crippen molar-refractivity contribution in [1.82, 2.24) is 24.8 Å². The van der Waals surface area contributed by atoms with E-state index >= 15 is 0 Å². The van der Waals surface area contributed by atoms with Gasteiger partial charge in [0.25, 0.3) is 0 Å². The average Bonchev–Trinajstić information content (AvgIpc) is 3.48. The molecule has 4 heterocycles. The average molecular weight is 559 g/mol. The van der Waals surface area contributed by atoms with E-state index in [0.29, 0.717) is 42.9 Å². The Morgan fingerprint density at radius 1 is 1.12 bits per heavy atom. The van der Waals surface area contributed by atoms with Crippen molar-refractivity contribution in [2.75, 3.05) is 18.1 Å². The van der Waals surface area contributed by atoms with Gasteiger partial charge in [0.05, 0.1) is 24.0 Å². The van der Waals surface area contributed by atoms with Crippen LogP contribution in [0.2, 0.25) is 0 Å². The molecule has 3 aromatic rings. The Hall–Kier alpha value is -3.76. The molecule has 2 aromatic heterocycles. The summed E-state index contributed by atoms with van der Waals surface area (Å²) in [6.07, 6.45) is 7.03. The number of imidazole rings is 1. The van der Waals surface area contributed by atoms with E-state index < -0.39 is 11.6 Å². The number of nitrogens with one attached hydrogen (secondary N) is 1. The molecule has 3 atom stereocenters. The van der Waals surface area contributed by atoms with Crippen LogP contribution < -0.4 is 15.0 Å². The molecule has 10 nitrogen and oxygen atoms in total. The first-order valence-corrected chi connectivity index (χ1v) is 14.5. The first kappa shape index (κ1) is 27.4. The van der Waals surface area contributed by atoms with E-state index in [1.807, 2.05) is 24.6 Å². The van der Waals surface area contributed by atoms with Crippen LogP contribution in [0.25, 0.3) is 11.5 Å². The monoisotopic (exact) mass is 558 g/mol. The fraction of sp³-hybridized carbons (Fsp3) is 0.484. The first-order chi connectivity index (χ1) is 19.8. The van der Waals surface area contributed by atoms with Gasteiger partial charge in [0.15, 0.2) is 5.82 Å². The van der Waals surface area contributed by atoms with Crippen molar-refractivity contribution in [2.24, 2.45) is 13.0 Å². The number of carbonyl (C=O) groups is 2. The number of aliphatic hydroxyl groups excluding tert-OH is 1. The largest absolute Gasteiger partial charge is 0.490 e. The molecule has 1 aromatic carbocycles. The number of ether oxygens (including phenoxy) is 1. The highest BCUT2D eigenvalue weighted by molar-refractivity contribution is 6.05. The maximum Gasteiger partial charge on any atom is 0.329 e. The lowest BCUT2D eigenvalue weighted by Crippen LogP contribution is -2.50. The number of aliphatic hydroxyl groups is 1. The Kier molecular flexibility index (Phi) is 7.29. The van der Waals surface area contributed by atoms with Gasteiger partial charge < -0.3 is 14.4 Å². The Bertz CT molecular complexity index is 1450. The molecule has 1 aliphatic carbocycles. The van der Waals surface area contributed by atoms with Gasteiger partial charge >= 0.3 is 6.03 Å². The summed E-state index contributed by atoms with van der Waals surface area (Å²) >= 11 is 0. The number of hydrogen-bond acceptors (Lipinski definition) is 7. The summed E-state index contributed by atoms with van der Waals surface area (Å²) in [7, 11) is 1.83. The van der Waals surface area contributed by atoms with Gasteiger partial charge in [-0.15, -0.1) is 0 Å². The predicted molar refractivity (Wildman–Crippen MR) is 154 cm³/mol. The maximum atomic E-state index is 12.4. The smallest absolute Gasteiger partial charge is 0.329 e. The van der Waals surface area contributed by atoms with Crippen molar-refractivity contribution in [3.63, 3.8) is 0 Å². The standard InChI is InChI=1S/C31H38N6O4/c1-20-6-4-5-7-25(20)41-23-11-8-21(9-12-23)17-36-18-22-10-13-24(33-28(22)31(36,2)19-38)29-32-16-27(35(29)3)37-15-14-26(39)34-30(37)40/h8-13,16,20,25,38H,4-7,14-15,17-19H2,1-3H3,(H,34,39,40)/t20-,25+,31-/m0/s1. The third kappa shape index (κ3) is 5.10. The van der Waals surface area contributed by atoms with Crippen LogP contribution in [0, 0.1) is 5.92 Å². The SMILES string of the molecule is C[C@H]1CCCC[C@H]1Oc1ccc(CN2Cc3ccc(-c4ncc(N5CCC(=O)NC5=O)n4C)nc3[C@]2(C)CO)cc1. The molecule has 2 fully saturated rings. The van der Waals surface area contributed by atoms with E-state index in [1.165, 1.54) is 24.2 Å². The molecule has 1 saturated carbocycles. The van der Waals surface area contributed by atoms with E-state index in [2.05, 4.69) is 52.5 Å². The number of fused-ring (bicyclic) bond motifs is 1. The fourth-order valence-corrected chi connectivity index (χ4v) is 6.34. The normalized spacial score (nSPS) is 24.8. The number of rotatable bonds is 7. The lowest BCUT2D eigenvalue weighted by molar-refractivity contribution is -0.120. The molecule has 10 heteroatoms. The molecule has 2 N–H and O–H groups in total. The summed E-state index contributed by atoms with van der Waals surface area (Å²) in [6.45, 7) is 5.86. The van der Waals surface area contributed by atoms with Gasteiger partial charge in [0.2, 0.25) is 5.91 Å². The van der Waals surface area contributed by atoms with Crippen LogP contribution in [-0.2, 0) is 30.5 Å². The van der Waals surface area contributed by atoms with E-state index in [0.717, 1.165) is 29.0 Å². The summed E-state index contributed by atoms with van der Waals surface area (Å²) in [5.41, 5.74) is 3.04. The van der Waals surface area contributed by atoms with Crippen molar-refractivity contribution in [2.45, 2.75) is 70.7 Å². The molecule has 41 heavy (non-hydrogen) atoms. The number of amides is 3. The topological polar surface area (TPSA) is 113 Å². The van der Waals surface area contributed by atoms with Gasteiger partial charge in [-0.25, -0.2) is 14.8 Å². The van der Waals surface area contributed by atoms with Crippen molar-refractivity contribution in [1.29, 1.82) is 0 Å². The highest BCUT2D eigenvalue weighted by Crippen LogP contribution is 2.40. The Balaban J connectivity index is 1.19. The minimum absolute atomic E-state index is 0.0784. The molecule has 6 rings (SSSR count). The summed E-state index contributed by atoms with van der Waals surface area (Å²) in [6, 6.07) is 11.9. The van der Waals surface area contributed by atoms with Crippen molar-refractivity contribution < 1.29 is 19.4 Å². The van der Waals surface area contributed by atoms with Crippen molar-refractivity contribution in [3.8, 4) is 17.3 Å². The number of pyridine rings is 1. The molecular formula is C31H38N6O4. The van der Waals surface area contributed by atoms with Crippen LogP contribution in [0.4, 0.5) is 10.6 Å². The quantitative estimate of drug-likeness (QED) is 0.449. The second-order valence-electron chi connectivity index (χ2n) is 11.8. The molecule has 0 spiro atoms. The van der Waals surface area contributed by atoms with Crippen molar-refractivity contribution >= 4 is 17.8 Å². The molecule has 2 aliphatic heterocycles. The van der Waals surface area contributed by atoms with E-state index in [-0.39, 0.29) is 25.0 Å².